The van der Waals surface area contributed by atoms with Crippen molar-refractivity contribution in [3.8, 4) is 0 Å². The third-order valence-corrected chi connectivity index (χ3v) is 6.14. The topological polar surface area (TPSA) is 57.6 Å². The van der Waals surface area contributed by atoms with Crippen molar-refractivity contribution in [3.63, 3.8) is 0 Å². The molecule has 0 radical (unpaired) electrons. The molecule has 4 nitrogen and oxygen atoms in total. The maximum absolute atomic E-state index is 13.4. The first-order valence-corrected chi connectivity index (χ1v) is 10.9. The molecule has 1 aliphatic heterocycles. The normalized spacial score (nSPS) is 17.6. The van der Waals surface area contributed by atoms with Gasteiger partial charge in [0.05, 0.1) is 12.1 Å². The summed E-state index contributed by atoms with van der Waals surface area (Å²) in [6, 6.07) is 30.1. The molecule has 0 aliphatic carbocycles. The minimum absolute atomic E-state index is 0.265. The van der Waals surface area contributed by atoms with Crippen molar-refractivity contribution in [2.75, 3.05) is 11.4 Å². The van der Waals surface area contributed by atoms with Gasteiger partial charge in [-0.3, -0.25) is 9.59 Å². The molecule has 162 valence electrons. The molecule has 1 heterocycles. The van der Waals surface area contributed by atoms with E-state index >= 15 is 0 Å². The van der Waals surface area contributed by atoms with E-state index in [0.29, 0.717) is 23.4 Å². The first-order chi connectivity index (χ1) is 16.1. The summed E-state index contributed by atoms with van der Waals surface area (Å²) in [5, 5.41) is 13.3. The number of amides is 1. The fourth-order valence-electron chi connectivity index (χ4n) is 4.51. The summed E-state index contributed by atoms with van der Waals surface area (Å²) in [5.74, 6) is -0.742. The van der Waals surface area contributed by atoms with Gasteiger partial charge in [0.1, 0.15) is 0 Å². The fourth-order valence-corrected chi connectivity index (χ4v) is 4.51. The Labute approximate surface area is 192 Å². The number of carbonyl (C=O) groups is 2. The predicted molar refractivity (Wildman–Crippen MR) is 131 cm³/mol. The second kappa shape index (κ2) is 8.49. The molecule has 0 bridgehead atoms. The molecule has 1 unspecified atom stereocenters. The van der Waals surface area contributed by atoms with Crippen LogP contribution in [-0.2, 0) is 10.4 Å². The highest BCUT2D eigenvalue weighted by atomic mass is 16.3. The van der Waals surface area contributed by atoms with Crippen molar-refractivity contribution in [1.29, 1.82) is 0 Å². The number of fused-ring (bicyclic) bond motifs is 2. The van der Waals surface area contributed by atoms with Gasteiger partial charge in [-0.1, -0.05) is 103 Å². The smallest absolute Gasteiger partial charge is 0.264 e. The first-order valence-electron chi connectivity index (χ1n) is 10.9. The fraction of sp³-hybridized carbons (Fsp3) is 0.103. The van der Waals surface area contributed by atoms with E-state index in [9.17, 15) is 14.7 Å². The summed E-state index contributed by atoms with van der Waals surface area (Å²) in [4.78, 5) is 28.3. The van der Waals surface area contributed by atoms with Gasteiger partial charge in [0.2, 0.25) is 0 Å². The van der Waals surface area contributed by atoms with Crippen LogP contribution >= 0.6 is 0 Å². The molecule has 1 N–H and O–H groups in total. The minimum Gasteiger partial charge on any atom is -0.375 e. The van der Waals surface area contributed by atoms with E-state index in [1.165, 1.54) is 0 Å². The molecule has 1 amide bonds. The number of nitrogens with zero attached hydrogens (tertiary/aromatic N) is 1. The standard InChI is InChI=1S/C29H23NO3/c31-27(24-16-8-14-22-13-4-5-15-23(22)24)20-29(33)25-17-6-7-18-26(25)30(28(29)32)19-9-12-21-10-2-1-3-11-21/h1-18,33H,19-20H2/b12-9+. The number of aliphatic hydroxyl groups is 1. The van der Waals surface area contributed by atoms with Crippen molar-refractivity contribution in [3.05, 3.63) is 120 Å². The van der Waals surface area contributed by atoms with Crippen LogP contribution in [0.5, 0.6) is 0 Å². The summed E-state index contributed by atoms with van der Waals surface area (Å²) in [6.07, 6.45) is 3.52. The molecule has 1 atom stereocenters. The predicted octanol–water partition coefficient (Wildman–Crippen LogP) is 5.36. The summed E-state index contributed by atoms with van der Waals surface area (Å²) in [6.45, 7) is 0.301. The quantitative estimate of drug-likeness (QED) is 0.417. The molecular weight excluding hydrogens is 410 g/mol. The number of hydrogen-bond donors (Lipinski definition) is 1. The number of benzene rings is 4. The van der Waals surface area contributed by atoms with Gasteiger partial charge in [0, 0.05) is 17.7 Å². The van der Waals surface area contributed by atoms with Crippen LogP contribution in [0.4, 0.5) is 5.69 Å². The van der Waals surface area contributed by atoms with Gasteiger partial charge >= 0.3 is 0 Å². The van der Waals surface area contributed by atoms with Crippen LogP contribution in [0.25, 0.3) is 16.8 Å². The van der Waals surface area contributed by atoms with Crippen molar-refractivity contribution in [2.45, 2.75) is 12.0 Å². The molecule has 0 saturated heterocycles. The molecular formula is C29H23NO3. The van der Waals surface area contributed by atoms with Gasteiger partial charge in [-0.15, -0.1) is 0 Å². The van der Waals surface area contributed by atoms with Crippen LogP contribution in [0.15, 0.2) is 103 Å². The summed E-state index contributed by atoms with van der Waals surface area (Å²) >= 11 is 0. The van der Waals surface area contributed by atoms with Crippen molar-refractivity contribution in [2.24, 2.45) is 0 Å². The molecule has 4 aromatic rings. The Morgan fingerprint density at radius 2 is 1.55 bits per heavy atom. The van der Waals surface area contributed by atoms with Gasteiger partial charge in [0.25, 0.3) is 5.91 Å². The van der Waals surface area contributed by atoms with E-state index in [4.69, 9.17) is 0 Å². The highest BCUT2D eigenvalue weighted by Gasteiger charge is 2.50. The second-order valence-electron chi connectivity index (χ2n) is 8.23. The summed E-state index contributed by atoms with van der Waals surface area (Å²) in [5.41, 5.74) is 0.740. The van der Waals surface area contributed by atoms with Crippen LogP contribution in [0.1, 0.15) is 27.9 Å². The third-order valence-electron chi connectivity index (χ3n) is 6.14. The molecule has 0 saturated carbocycles. The lowest BCUT2D eigenvalue weighted by molar-refractivity contribution is -0.135. The van der Waals surface area contributed by atoms with E-state index in [2.05, 4.69) is 0 Å². The number of ketones is 1. The van der Waals surface area contributed by atoms with Crippen LogP contribution in [0, 0.1) is 0 Å². The number of rotatable bonds is 6. The molecule has 0 aromatic heterocycles. The zero-order chi connectivity index (χ0) is 22.8. The largest absolute Gasteiger partial charge is 0.375 e. The maximum Gasteiger partial charge on any atom is 0.264 e. The van der Waals surface area contributed by atoms with Crippen molar-refractivity contribution < 1.29 is 14.7 Å². The van der Waals surface area contributed by atoms with E-state index in [0.717, 1.165) is 16.3 Å². The van der Waals surface area contributed by atoms with E-state index < -0.39 is 11.5 Å². The third kappa shape index (κ3) is 3.75. The van der Waals surface area contributed by atoms with Crippen molar-refractivity contribution >= 4 is 34.2 Å². The lowest BCUT2D eigenvalue weighted by atomic mass is 9.87. The number of carbonyl (C=O) groups excluding carboxylic acids is 2. The molecule has 4 heteroatoms. The van der Waals surface area contributed by atoms with Crippen LogP contribution in [0.3, 0.4) is 0 Å². The average molecular weight is 434 g/mol. The van der Waals surface area contributed by atoms with Crippen LogP contribution < -0.4 is 4.90 Å². The Morgan fingerprint density at radius 3 is 2.39 bits per heavy atom. The van der Waals surface area contributed by atoms with E-state index in [-0.39, 0.29) is 12.2 Å². The Bertz CT molecular complexity index is 1370. The molecule has 0 fully saturated rings. The van der Waals surface area contributed by atoms with Gasteiger partial charge in [-0.2, -0.15) is 0 Å². The van der Waals surface area contributed by atoms with Gasteiger partial charge in [0.15, 0.2) is 11.4 Å². The molecule has 33 heavy (non-hydrogen) atoms. The highest BCUT2D eigenvalue weighted by Crippen LogP contribution is 2.43. The molecule has 1 aliphatic rings. The SMILES string of the molecule is O=C(CC1(O)C(=O)N(C/C=C/c2ccccc2)c2ccccc21)c1cccc2ccccc12. The monoisotopic (exact) mass is 433 g/mol. The van der Waals surface area contributed by atoms with Crippen molar-refractivity contribution in [1.82, 2.24) is 0 Å². The second-order valence-corrected chi connectivity index (χ2v) is 8.23. The molecule has 5 rings (SSSR count). The zero-order valence-corrected chi connectivity index (χ0v) is 18.0. The summed E-state index contributed by atoms with van der Waals surface area (Å²) < 4.78 is 0. The number of anilines is 1. The lowest BCUT2D eigenvalue weighted by Gasteiger charge is -2.22. The Hall–Kier alpha value is -4.02. The Morgan fingerprint density at radius 1 is 0.848 bits per heavy atom. The number of para-hydroxylation sites is 1. The van der Waals surface area contributed by atoms with E-state index in [1.54, 1.807) is 23.1 Å². The zero-order valence-electron chi connectivity index (χ0n) is 18.0. The van der Waals surface area contributed by atoms with Gasteiger partial charge < -0.3 is 10.0 Å². The average Bonchev–Trinajstić information content (AvgIpc) is 3.06. The Kier molecular flexibility index (Phi) is 5.37. The Balaban J connectivity index is 1.45. The van der Waals surface area contributed by atoms with Gasteiger partial charge in [-0.05, 0) is 22.4 Å². The highest BCUT2D eigenvalue weighted by molar-refractivity contribution is 6.14. The molecule has 4 aromatic carbocycles. The lowest BCUT2D eigenvalue weighted by Crippen LogP contribution is -2.42. The number of Topliss-reactive ketones (excluding diaryl/α,β-unsaturated/α-hetero) is 1. The molecule has 0 spiro atoms. The minimum atomic E-state index is -1.90. The van der Waals surface area contributed by atoms with E-state index in [1.807, 2.05) is 91.0 Å². The first kappa shape index (κ1) is 20.9. The summed E-state index contributed by atoms with van der Waals surface area (Å²) in [7, 11) is 0. The number of hydrogen-bond acceptors (Lipinski definition) is 3. The van der Waals surface area contributed by atoms with Gasteiger partial charge in [-0.25, -0.2) is 0 Å². The maximum atomic E-state index is 13.4. The van der Waals surface area contributed by atoms with Crippen LogP contribution in [-0.4, -0.2) is 23.3 Å². The van der Waals surface area contributed by atoms with Crippen LogP contribution in [0.2, 0.25) is 0 Å².